The monoisotopic (exact) mass is 485 g/mol. The van der Waals surface area contributed by atoms with Crippen molar-refractivity contribution < 1.29 is 23.5 Å². The number of anilines is 3. The third-order valence-corrected chi connectivity index (χ3v) is 5.89. The van der Waals surface area contributed by atoms with Gasteiger partial charge in [-0.15, -0.1) is 0 Å². The van der Waals surface area contributed by atoms with Crippen LogP contribution >= 0.6 is 11.3 Å². The van der Waals surface area contributed by atoms with Crippen molar-refractivity contribution in [3.8, 4) is 5.75 Å². The summed E-state index contributed by atoms with van der Waals surface area (Å²) in [7, 11) is 0. The Morgan fingerprint density at radius 3 is 2.38 bits per heavy atom. The van der Waals surface area contributed by atoms with Gasteiger partial charge in [0.1, 0.15) is 28.3 Å². The molecule has 0 aliphatic heterocycles. The second-order valence-corrected chi connectivity index (χ2v) is 8.21. The molecule has 0 saturated heterocycles. The summed E-state index contributed by atoms with van der Waals surface area (Å²) < 4.78 is 18.8. The highest BCUT2D eigenvalue weighted by Crippen LogP contribution is 2.36. The molecule has 1 aromatic heterocycles. The van der Waals surface area contributed by atoms with Crippen LogP contribution in [-0.4, -0.2) is 41.8 Å². The van der Waals surface area contributed by atoms with Crippen molar-refractivity contribution in [2.24, 2.45) is 5.73 Å². The third kappa shape index (κ3) is 5.67. The van der Waals surface area contributed by atoms with E-state index < -0.39 is 17.8 Å². The van der Waals surface area contributed by atoms with Crippen LogP contribution in [0.25, 0.3) is 0 Å². The van der Waals surface area contributed by atoms with Gasteiger partial charge in [-0.1, -0.05) is 11.3 Å². The van der Waals surface area contributed by atoms with E-state index in [2.05, 4.69) is 10.3 Å². The zero-order valence-corrected chi connectivity index (χ0v) is 19.4. The van der Waals surface area contributed by atoms with E-state index in [-0.39, 0.29) is 34.1 Å². The lowest BCUT2D eigenvalue weighted by atomic mass is 10.1. The number of carbonyl (C=O) groups excluding carboxylic acids is 3. The maximum Gasteiger partial charge on any atom is 0.257 e. The molecule has 1 atom stereocenters. The molecule has 0 saturated carbocycles. The quantitative estimate of drug-likeness (QED) is 0.375. The zero-order valence-electron chi connectivity index (χ0n) is 18.6. The van der Waals surface area contributed by atoms with Gasteiger partial charge in [0.05, 0.1) is 0 Å². The molecule has 0 bridgehead atoms. The summed E-state index contributed by atoms with van der Waals surface area (Å²) >= 11 is 0.994. The number of halogens is 1. The van der Waals surface area contributed by atoms with Gasteiger partial charge in [0.25, 0.3) is 5.91 Å². The molecule has 34 heavy (non-hydrogen) atoms. The number of carbonyl (C=O) groups is 3. The summed E-state index contributed by atoms with van der Waals surface area (Å²) in [6.45, 7) is 3.75. The number of hydrogen-bond donors (Lipinski definition) is 3. The van der Waals surface area contributed by atoms with E-state index in [1.807, 2.05) is 6.92 Å². The van der Waals surface area contributed by atoms with Crippen LogP contribution in [0.5, 0.6) is 5.75 Å². The fourth-order valence-corrected chi connectivity index (χ4v) is 4.09. The number of nitrogens with zero attached hydrogens (tertiary/aromatic N) is 2. The van der Waals surface area contributed by atoms with Gasteiger partial charge in [-0.3, -0.25) is 14.4 Å². The van der Waals surface area contributed by atoms with Gasteiger partial charge in [0, 0.05) is 17.8 Å². The van der Waals surface area contributed by atoms with Crippen LogP contribution in [0, 0.1) is 5.82 Å². The highest BCUT2D eigenvalue weighted by atomic mass is 32.1. The lowest BCUT2D eigenvalue weighted by molar-refractivity contribution is -0.123. The van der Waals surface area contributed by atoms with E-state index in [1.54, 1.807) is 31.2 Å². The summed E-state index contributed by atoms with van der Waals surface area (Å²) in [6.07, 6.45) is 0. The summed E-state index contributed by atoms with van der Waals surface area (Å²) in [6, 6.07) is 10.9. The van der Waals surface area contributed by atoms with Crippen LogP contribution in [-0.2, 0) is 9.59 Å². The van der Waals surface area contributed by atoms with Gasteiger partial charge in [-0.25, -0.2) is 9.37 Å². The second-order valence-electron chi connectivity index (χ2n) is 7.23. The Balaban J connectivity index is 1.84. The molecule has 1 heterocycles. The van der Waals surface area contributed by atoms with Crippen LogP contribution in [0.4, 0.5) is 21.0 Å². The van der Waals surface area contributed by atoms with Crippen LogP contribution in [0.1, 0.15) is 29.1 Å². The highest BCUT2D eigenvalue weighted by Gasteiger charge is 2.27. The maximum atomic E-state index is 13.4. The maximum absolute atomic E-state index is 13.4. The van der Waals surface area contributed by atoms with Gasteiger partial charge in [0.2, 0.25) is 11.7 Å². The van der Waals surface area contributed by atoms with Gasteiger partial charge < -0.3 is 26.4 Å². The molecule has 3 rings (SSSR count). The first-order valence-corrected chi connectivity index (χ1v) is 11.2. The van der Waals surface area contributed by atoms with Crippen molar-refractivity contribution in [2.75, 3.05) is 23.8 Å². The standard InChI is InChI=1S/C23H24FN5O4S/c1-3-27-18(30)12-33-17-10-4-14(5-11-17)19(31)20-21(25)28-23(34-20)29(13(2)22(26)32)16-8-6-15(24)7-9-16/h4-11,13H,3,12,25H2,1-2H3,(H2,26,32)(H,27,30)/t13-/m1/s1. The molecule has 178 valence electrons. The Morgan fingerprint density at radius 1 is 1.15 bits per heavy atom. The average Bonchev–Trinajstić information content (AvgIpc) is 3.20. The first-order chi connectivity index (χ1) is 16.2. The number of benzene rings is 2. The number of nitrogens with two attached hydrogens (primary N) is 2. The number of rotatable bonds is 10. The SMILES string of the molecule is CCNC(=O)COc1ccc(C(=O)c2sc(N(c3ccc(F)cc3)[C@H](C)C(N)=O)nc2N)cc1. The molecular weight excluding hydrogens is 461 g/mol. The van der Waals surface area contributed by atoms with Crippen molar-refractivity contribution in [1.82, 2.24) is 10.3 Å². The molecule has 0 spiro atoms. The minimum Gasteiger partial charge on any atom is -0.484 e. The number of aromatic nitrogens is 1. The van der Waals surface area contributed by atoms with E-state index in [9.17, 15) is 18.8 Å². The molecule has 0 aliphatic rings. The molecule has 5 N–H and O–H groups in total. The lowest BCUT2D eigenvalue weighted by Gasteiger charge is -2.26. The number of primary amides is 1. The summed E-state index contributed by atoms with van der Waals surface area (Å²) in [5.74, 6) is -1.27. The van der Waals surface area contributed by atoms with Crippen molar-refractivity contribution in [3.63, 3.8) is 0 Å². The van der Waals surface area contributed by atoms with Crippen LogP contribution in [0.15, 0.2) is 48.5 Å². The Morgan fingerprint density at radius 2 is 1.79 bits per heavy atom. The van der Waals surface area contributed by atoms with Crippen molar-refractivity contribution in [3.05, 3.63) is 64.8 Å². The molecule has 9 nitrogen and oxygen atoms in total. The number of thiazole rings is 1. The molecule has 3 aromatic rings. The number of amides is 2. The Labute approximate surface area is 199 Å². The minimum atomic E-state index is -0.833. The van der Waals surface area contributed by atoms with Gasteiger partial charge >= 0.3 is 0 Å². The number of hydrogen-bond acceptors (Lipinski definition) is 8. The van der Waals surface area contributed by atoms with Gasteiger partial charge in [0.15, 0.2) is 11.7 Å². The first kappa shape index (κ1) is 24.6. The number of ketones is 1. The van der Waals surface area contributed by atoms with Gasteiger partial charge in [-0.2, -0.15) is 0 Å². The molecule has 2 amide bonds. The molecule has 0 aliphatic carbocycles. The van der Waals surface area contributed by atoms with E-state index >= 15 is 0 Å². The fraction of sp³-hybridized carbons (Fsp3) is 0.217. The summed E-state index contributed by atoms with van der Waals surface area (Å²) in [5.41, 5.74) is 12.3. The third-order valence-electron chi connectivity index (χ3n) is 4.82. The average molecular weight is 486 g/mol. The van der Waals surface area contributed by atoms with E-state index in [4.69, 9.17) is 16.2 Å². The van der Waals surface area contributed by atoms with Crippen LogP contribution in [0.3, 0.4) is 0 Å². The predicted molar refractivity (Wildman–Crippen MR) is 128 cm³/mol. The fourth-order valence-electron chi connectivity index (χ4n) is 3.05. The van der Waals surface area contributed by atoms with Crippen molar-refractivity contribution >= 4 is 45.6 Å². The molecule has 0 unspecified atom stereocenters. The number of nitrogens with one attached hydrogen (secondary N) is 1. The second kappa shape index (κ2) is 10.8. The molecule has 11 heteroatoms. The Hall–Kier alpha value is -3.99. The Bertz CT molecular complexity index is 1180. The van der Waals surface area contributed by atoms with Crippen molar-refractivity contribution in [1.29, 1.82) is 0 Å². The number of nitrogen functional groups attached to an aromatic ring is 1. The van der Waals surface area contributed by atoms with E-state index in [0.29, 0.717) is 23.5 Å². The topological polar surface area (TPSA) is 141 Å². The lowest BCUT2D eigenvalue weighted by Crippen LogP contribution is -2.39. The minimum absolute atomic E-state index is 0.00894. The first-order valence-electron chi connectivity index (χ1n) is 10.4. The molecule has 2 aromatic carbocycles. The highest BCUT2D eigenvalue weighted by molar-refractivity contribution is 7.18. The Kier molecular flexibility index (Phi) is 7.79. The number of ether oxygens (including phenoxy) is 1. The smallest absolute Gasteiger partial charge is 0.257 e. The predicted octanol–water partition coefficient (Wildman–Crippen LogP) is 2.62. The van der Waals surface area contributed by atoms with E-state index in [1.165, 1.54) is 29.2 Å². The zero-order chi connectivity index (χ0) is 24.8. The van der Waals surface area contributed by atoms with Gasteiger partial charge in [-0.05, 0) is 62.4 Å². The number of likely N-dealkylation sites (N-methyl/N-ethyl adjacent to an activating group) is 1. The summed E-state index contributed by atoms with van der Waals surface area (Å²) in [4.78, 5) is 42.5. The van der Waals surface area contributed by atoms with E-state index in [0.717, 1.165) is 11.3 Å². The molecule has 0 fully saturated rings. The summed E-state index contributed by atoms with van der Waals surface area (Å²) in [5, 5.41) is 2.89. The molecular formula is C23H24FN5O4S. The van der Waals surface area contributed by atoms with Crippen LogP contribution in [0.2, 0.25) is 0 Å². The van der Waals surface area contributed by atoms with Crippen LogP contribution < -0.4 is 26.4 Å². The molecule has 0 radical (unpaired) electrons. The normalized spacial score (nSPS) is 11.5. The van der Waals surface area contributed by atoms with Crippen molar-refractivity contribution in [2.45, 2.75) is 19.9 Å². The largest absolute Gasteiger partial charge is 0.484 e.